The van der Waals surface area contributed by atoms with E-state index in [-0.39, 0.29) is 17.7 Å². The van der Waals surface area contributed by atoms with Crippen molar-refractivity contribution in [2.24, 2.45) is 5.10 Å². The average molecular weight is 432 g/mol. The fraction of sp³-hybridized carbons (Fsp3) is 0.0870. The van der Waals surface area contributed by atoms with Crippen LogP contribution in [0.15, 0.2) is 83.5 Å². The quantitative estimate of drug-likeness (QED) is 0.459. The predicted molar refractivity (Wildman–Crippen MR) is 120 cm³/mol. The summed E-state index contributed by atoms with van der Waals surface area (Å²) in [5, 5.41) is 18.6. The molecule has 0 fully saturated rings. The van der Waals surface area contributed by atoms with E-state index >= 15 is 0 Å². The van der Waals surface area contributed by atoms with Gasteiger partial charge in [-0.1, -0.05) is 30.3 Å². The number of hydrazone groups is 1. The van der Waals surface area contributed by atoms with Gasteiger partial charge in [-0.3, -0.25) is 9.78 Å². The van der Waals surface area contributed by atoms with Gasteiger partial charge in [0.15, 0.2) is 0 Å². The first kappa shape index (κ1) is 18.7. The van der Waals surface area contributed by atoms with Crippen LogP contribution in [0.25, 0.3) is 9.75 Å². The molecule has 1 unspecified atom stereocenters. The average Bonchev–Trinajstić information content (AvgIpc) is 3.54. The Bertz CT molecular complexity index is 1220. The standard InChI is InChI=1S/C23H17N3O2S2/c27-19-7-2-1-6-16(19)18-13-17(15-5-3-11-24-14-15)25-26(18)23(28)22-10-9-21(30-22)20-8-4-12-29-20/h1-12,14,18,27H,13H2. The fourth-order valence-electron chi connectivity index (χ4n) is 3.53. The lowest BCUT2D eigenvalue weighted by Crippen LogP contribution is -2.26. The van der Waals surface area contributed by atoms with Gasteiger partial charge in [0.05, 0.1) is 16.6 Å². The summed E-state index contributed by atoms with van der Waals surface area (Å²) in [6.45, 7) is 0. The summed E-state index contributed by atoms with van der Waals surface area (Å²) in [5.41, 5.74) is 2.34. The van der Waals surface area contributed by atoms with Crippen molar-refractivity contribution in [3.05, 3.63) is 94.4 Å². The van der Waals surface area contributed by atoms with Crippen LogP contribution in [0.5, 0.6) is 5.75 Å². The molecule has 1 aliphatic heterocycles. The molecule has 148 valence electrons. The van der Waals surface area contributed by atoms with E-state index in [1.807, 2.05) is 53.9 Å². The molecule has 5 nitrogen and oxygen atoms in total. The maximum atomic E-state index is 13.4. The molecular weight excluding hydrogens is 414 g/mol. The first-order valence-electron chi connectivity index (χ1n) is 9.44. The van der Waals surface area contributed by atoms with E-state index in [0.717, 1.165) is 21.0 Å². The highest BCUT2D eigenvalue weighted by molar-refractivity contribution is 7.22. The Labute approximate surface area is 181 Å². The highest BCUT2D eigenvalue weighted by atomic mass is 32.1. The summed E-state index contributed by atoms with van der Waals surface area (Å²) in [7, 11) is 0. The van der Waals surface area contributed by atoms with Crippen LogP contribution < -0.4 is 0 Å². The number of rotatable bonds is 4. The summed E-state index contributed by atoms with van der Waals surface area (Å²) in [6.07, 6.45) is 3.97. The van der Waals surface area contributed by atoms with Gasteiger partial charge in [0.25, 0.3) is 5.91 Å². The summed E-state index contributed by atoms with van der Waals surface area (Å²) < 4.78 is 0. The number of carbonyl (C=O) groups excluding carboxylic acids is 1. The van der Waals surface area contributed by atoms with Gasteiger partial charge in [0.1, 0.15) is 5.75 Å². The molecule has 4 heterocycles. The smallest absolute Gasteiger partial charge is 0.284 e. The van der Waals surface area contributed by atoms with Crippen molar-refractivity contribution in [2.75, 3.05) is 0 Å². The summed E-state index contributed by atoms with van der Waals surface area (Å²) in [6, 6.07) is 18.4. The van der Waals surface area contributed by atoms with Crippen LogP contribution in [-0.2, 0) is 0 Å². The molecule has 0 saturated carbocycles. The Morgan fingerprint density at radius 3 is 2.70 bits per heavy atom. The second kappa shape index (κ2) is 7.85. The van der Waals surface area contributed by atoms with Gasteiger partial charge in [-0.2, -0.15) is 5.10 Å². The van der Waals surface area contributed by atoms with Gasteiger partial charge in [0, 0.05) is 39.7 Å². The van der Waals surface area contributed by atoms with Crippen LogP contribution in [0.1, 0.15) is 33.3 Å². The topological polar surface area (TPSA) is 65.8 Å². The maximum Gasteiger partial charge on any atom is 0.284 e. The van der Waals surface area contributed by atoms with E-state index in [0.29, 0.717) is 16.9 Å². The number of phenols is 1. The summed E-state index contributed by atoms with van der Waals surface area (Å²) in [4.78, 5) is 20.4. The molecule has 0 saturated heterocycles. The molecule has 4 aromatic rings. The molecule has 1 aromatic carbocycles. The molecule has 5 rings (SSSR count). The Balaban J connectivity index is 1.52. The van der Waals surface area contributed by atoms with Crippen LogP contribution in [0, 0.1) is 0 Å². The Morgan fingerprint density at radius 1 is 1.03 bits per heavy atom. The molecule has 0 spiro atoms. The zero-order valence-electron chi connectivity index (χ0n) is 15.8. The van der Waals surface area contributed by atoms with E-state index in [9.17, 15) is 9.90 Å². The molecule has 0 bridgehead atoms. The molecule has 0 aliphatic carbocycles. The van der Waals surface area contributed by atoms with Crippen molar-refractivity contribution in [1.29, 1.82) is 0 Å². The summed E-state index contributed by atoms with van der Waals surface area (Å²) >= 11 is 3.11. The van der Waals surface area contributed by atoms with Crippen molar-refractivity contribution in [3.8, 4) is 15.5 Å². The second-order valence-corrected chi connectivity index (χ2v) is 8.89. The van der Waals surface area contributed by atoms with Crippen molar-refractivity contribution >= 4 is 34.3 Å². The van der Waals surface area contributed by atoms with E-state index in [1.165, 1.54) is 16.3 Å². The number of nitrogens with zero attached hydrogens (tertiary/aromatic N) is 3. The van der Waals surface area contributed by atoms with E-state index in [1.54, 1.807) is 35.9 Å². The molecule has 1 amide bonds. The van der Waals surface area contributed by atoms with Gasteiger partial charge in [-0.05, 0) is 35.7 Å². The number of aromatic nitrogens is 1. The number of thiophene rings is 2. The highest BCUT2D eigenvalue weighted by Gasteiger charge is 2.35. The van der Waals surface area contributed by atoms with Gasteiger partial charge >= 0.3 is 0 Å². The molecule has 1 aliphatic rings. The van der Waals surface area contributed by atoms with E-state index < -0.39 is 0 Å². The number of phenolic OH excluding ortho intramolecular Hbond substituents is 1. The molecule has 3 aromatic heterocycles. The van der Waals surface area contributed by atoms with Crippen molar-refractivity contribution in [2.45, 2.75) is 12.5 Å². The minimum Gasteiger partial charge on any atom is -0.508 e. The van der Waals surface area contributed by atoms with Gasteiger partial charge in [-0.25, -0.2) is 5.01 Å². The normalized spacial score (nSPS) is 15.9. The number of amides is 1. The molecule has 7 heteroatoms. The highest BCUT2D eigenvalue weighted by Crippen LogP contribution is 2.39. The van der Waals surface area contributed by atoms with Crippen LogP contribution in [0.3, 0.4) is 0 Å². The number of pyridine rings is 1. The van der Waals surface area contributed by atoms with Gasteiger partial charge < -0.3 is 5.11 Å². The van der Waals surface area contributed by atoms with E-state index in [2.05, 4.69) is 10.1 Å². The Morgan fingerprint density at radius 2 is 1.93 bits per heavy atom. The maximum absolute atomic E-state index is 13.4. The van der Waals surface area contributed by atoms with Crippen molar-refractivity contribution in [3.63, 3.8) is 0 Å². The lowest BCUT2D eigenvalue weighted by Gasteiger charge is -2.22. The lowest BCUT2D eigenvalue weighted by molar-refractivity contribution is 0.0714. The molecule has 1 atom stereocenters. The summed E-state index contributed by atoms with van der Waals surface area (Å²) in [5.74, 6) is -0.0108. The number of hydrogen-bond acceptors (Lipinski definition) is 6. The Hall–Kier alpha value is -3.29. The monoisotopic (exact) mass is 431 g/mol. The first-order valence-corrected chi connectivity index (χ1v) is 11.1. The fourth-order valence-corrected chi connectivity index (χ4v) is 5.31. The van der Waals surface area contributed by atoms with Crippen LogP contribution in [0.4, 0.5) is 0 Å². The minimum atomic E-state index is -0.374. The zero-order valence-corrected chi connectivity index (χ0v) is 17.4. The lowest BCUT2D eigenvalue weighted by atomic mass is 9.98. The number of para-hydroxylation sites is 1. The van der Waals surface area contributed by atoms with Crippen LogP contribution in [0.2, 0.25) is 0 Å². The van der Waals surface area contributed by atoms with Crippen molar-refractivity contribution in [1.82, 2.24) is 9.99 Å². The predicted octanol–water partition coefficient (Wildman–Crippen LogP) is 5.57. The number of carbonyl (C=O) groups is 1. The van der Waals surface area contributed by atoms with Crippen LogP contribution in [-0.4, -0.2) is 26.7 Å². The second-order valence-electron chi connectivity index (χ2n) is 6.86. The third-order valence-corrected chi connectivity index (χ3v) is 7.13. The largest absolute Gasteiger partial charge is 0.508 e. The third-order valence-electron chi connectivity index (χ3n) is 4.99. The molecule has 1 N–H and O–H groups in total. The minimum absolute atomic E-state index is 0.161. The Kier molecular flexibility index (Phi) is 4.90. The molecule has 30 heavy (non-hydrogen) atoms. The van der Waals surface area contributed by atoms with Gasteiger partial charge in [-0.15, -0.1) is 22.7 Å². The molecule has 0 radical (unpaired) electrons. The zero-order chi connectivity index (χ0) is 20.5. The van der Waals surface area contributed by atoms with Gasteiger partial charge in [0.2, 0.25) is 0 Å². The van der Waals surface area contributed by atoms with Crippen molar-refractivity contribution < 1.29 is 9.90 Å². The van der Waals surface area contributed by atoms with Crippen LogP contribution >= 0.6 is 22.7 Å². The van der Waals surface area contributed by atoms with E-state index in [4.69, 9.17) is 0 Å². The third kappa shape index (κ3) is 3.42. The SMILES string of the molecule is O=C(c1ccc(-c2cccs2)s1)N1N=C(c2cccnc2)CC1c1ccccc1O. The first-order chi connectivity index (χ1) is 14.7. The number of hydrogen-bond donors (Lipinski definition) is 1. The number of benzene rings is 1. The molecular formula is C23H17N3O2S2. The number of aromatic hydroxyl groups is 1.